The molecule has 2 rings (SSSR count). The second-order valence-electron chi connectivity index (χ2n) is 5.11. The summed E-state index contributed by atoms with van der Waals surface area (Å²) in [4.78, 5) is 0. The SMILES string of the molecule is CCCNC(c1cnn(CC)c1)c1c(F)ccc(C)c1F. The minimum atomic E-state index is -0.532. The topological polar surface area (TPSA) is 29.9 Å². The van der Waals surface area contributed by atoms with E-state index in [1.165, 1.54) is 12.1 Å². The number of nitrogens with zero attached hydrogens (tertiary/aromatic N) is 2. The second kappa shape index (κ2) is 6.80. The highest BCUT2D eigenvalue weighted by atomic mass is 19.1. The summed E-state index contributed by atoms with van der Waals surface area (Å²) < 4.78 is 30.3. The predicted molar refractivity (Wildman–Crippen MR) is 79.1 cm³/mol. The fourth-order valence-corrected chi connectivity index (χ4v) is 2.32. The lowest BCUT2D eigenvalue weighted by Crippen LogP contribution is -2.25. The third kappa shape index (κ3) is 3.29. The van der Waals surface area contributed by atoms with Crippen molar-refractivity contribution >= 4 is 0 Å². The summed E-state index contributed by atoms with van der Waals surface area (Å²) in [5, 5.41) is 7.42. The number of hydrogen-bond acceptors (Lipinski definition) is 2. The van der Waals surface area contributed by atoms with Crippen LogP contribution in [0, 0.1) is 18.6 Å². The van der Waals surface area contributed by atoms with E-state index >= 15 is 0 Å². The molecular weight excluding hydrogens is 272 g/mol. The van der Waals surface area contributed by atoms with Crippen LogP contribution in [0.2, 0.25) is 0 Å². The smallest absolute Gasteiger partial charge is 0.134 e. The number of rotatable bonds is 6. The molecule has 1 aromatic heterocycles. The van der Waals surface area contributed by atoms with Crippen LogP contribution in [0.3, 0.4) is 0 Å². The lowest BCUT2D eigenvalue weighted by Gasteiger charge is -2.20. The molecule has 0 saturated heterocycles. The number of aryl methyl sites for hydroxylation is 2. The summed E-state index contributed by atoms with van der Waals surface area (Å²) in [6.07, 6.45) is 4.38. The molecule has 1 unspecified atom stereocenters. The normalized spacial score (nSPS) is 12.6. The number of hydrogen-bond donors (Lipinski definition) is 1. The van der Waals surface area contributed by atoms with Gasteiger partial charge in [0.2, 0.25) is 0 Å². The van der Waals surface area contributed by atoms with Crippen molar-refractivity contribution in [1.29, 1.82) is 0 Å². The molecular formula is C16H21F2N3. The van der Waals surface area contributed by atoms with Gasteiger partial charge in [0, 0.05) is 23.9 Å². The zero-order valence-electron chi connectivity index (χ0n) is 12.7. The Morgan fingerprint density at radius 3 is 2.67 bits per heavy atom. The van der Waals surface area contributed by atoms with Crippen molar-refractivity contribution in [2.45, 2.75) is 39.8 Å². The Morgan fingerprint density at radius 1 is 1.29 bits per heavy atom. The first-order valence-corrected chi connectivity index (χ1v) is 7.28. The second-order valence-corrected chi connectivity index (χ2v) is 5.11. The van der Waals surface area contributed by atoms with Gasteiger partial charge in [-0.1, -0.05) is 13.0 Å². The van der Waals surface area contributed by atoms with E-state index in [1.54, 1.807) is 17.8 Å². The van der Waals surface area contributed by atoms with Crippen LogP contribution >= 0.6 is 0 Å². The van der Waals surface area contributed by atoms with Crippen LogP contribution in [0.4, 0.5) is 8.78 Å². The molecule has 0 fully saturated rings. The predicted octanol–water partition coefficient (Wildman–Crippen LogP) is 3.58. The van der Waals surface area contributed by atoms with Crippen molar-refractivity contribution in [2.24, 2.45) is 0 Å². The van der Waals surface area contributed by atoms with Crippen molar-refractivity contribution in [1.82, 2.24) is 15.1 Å². The maximum Gasteiger partial charge on any atom is 0.134 e. The van der Waals surface area contributed by atoms with E-state index in [2.05, 4.69) is 10.4 Å². The summed E-state index contributed by atoms with van der Waals surface area (Å²) in [5.41, 5.74) is 1.28. The van der Waals surface area contributed by atoms with Crippen LogP contribution in [0.1, 0.15) is 43.0 Å². The zero-order valence-corrected chi connectivity index (χ0v) is 12.7. The van der Waals surface area contributed by atoms with E-state index in [4.69, 9.17) is 0 Å². The fourth-order valence-electron chi connectivity index (χ4n) is 2.32. The van der Waals surface area contributed by atoms with Gasteiger partial charge in [0.05, 0.1) is 12.2 Å². The standard InChI is InChI=1S/C16H21F2N3/c1-4-8-19-16(12-9-20-21(5-2)10-12)14-13(17)7-6-11(3)15(14)18/h6-7,9-10,16,19H,4-5,8H2,1-3H3. The molecule has 0 aliphatic carbocycles. The van der Waals surface area contributed by atoms with Gasteiger partial charge in [-0.25, -0.2) is 8.78 Å². The van der Waals surface area contributed by atoms with Gasteiger partial charge in [-0.2, -0.15) is 5.10 Å². The molecule has 0 amide bonds. The van der Waals surface area contributed by atoms with Gasteiger partial charge in [-0.15, -0.1) is 0 Å². The molecule has 0 saturated carbocycles. The van der Waals surface area contributed by atoms with Crippen LogP contribution in [-0.4, -0.2) is 16.3 Å². The Bertz CT molecular complexity index is 608. The van der Waals surface area contributed by atoms with Gasteiger partial charge in [0.25, 0.3) is 0 Å². The third-order valence-electron chi connectivity index (χ3n) is 3.52. The van der Waals surface area contributed by atoms with Crippen molar-refractivity contribution in [3.8, 4) is 0 Å². The molecule has 3 nitrogen and oxygen atoms in total. The van der Waals surface area contributed by atoms with E-state index in [9.17, 15) is 8.78 Å². The largest absolute Gasteiger partial charge is 0.306 e. The molecule has 21 heavy (non-hydrogen) atoms. The van der Waals surface area contributed by atoms with Gasteiger partial charge in [0.1, 0.15) is 11.6 Å². The zero-order chi connectivity index (χ0) is 15.4. The Hall–Kier alpha value is -1.75. The lowest BCUT2D eigenvalue weighted by molar-refractivity contribution is 0.499. The molecule has 1 heterocycles. The minimum Gasteiger partial charge on any atom is -0.306 e. The molecule has 5 heteroatoms. The highest BCUT2D eigenvalue weighted by Gasteiger charge is 2.23. The lowest BCUT2D eigenvalue weighted by atomic mass is 9.98. The number of halogens is 2. The Kier molecular flexibility index (Phi) is 5.07. The van der Waals surface area contributed by atoms with Crippen molar-refractivity contribution in [3.05, 3.63) is 52.9 Å². The first-order valence-electron chi connectivity index (χ1n) is 7.28. The van der Waals surface area contributed by atoms with E-state index in [0.29, 0.717) is 12.1 Å². The first kappa shape index (κ1) is 15.6. The highest BCUT2D eigenvalue weighted by Crippen LogP contribution is 2.28. The molecule has 1 aromatic carbocycles. The summed E-state index contributed by atoms with van der Waals surface area (Å²) in [6, 6.07) is 2.25. The van der Waals surface area contributed by atoms with E-state index in [0.717, 1.165) is 18.5 Å². The van der Waals surface area contributed by atoms with E-state index in [1.807, 2.05) is 20.0 Å². The number of benzene rings is 1. The molecule has 0 aliphatic rings. The maximum atomic E-state index is 14.4. The van der Waals surface area contributed by atoms with E-state index in [-0.39, 0.29) is 5.56 Å². The molecule has 0 radical (unpaired) electrons. The highest BCUT2D eigenvalue weighted by molar-refractivity contribution is 5.35. The summed E-state index contributed by atoms with van der Waals surface area (Å²) in [6.45, 7) is 7.03. The monoisotopic (exact) mass is 293 g/mol. The van der Waals surface area contributed by atoms with Crippen LogP contribution in [0.15, 0.2) is 24.5 Å². The first-order chi connectivity index (χ1) is 10.1. The van der Waals surface area contributed by atoms with Crippen LogP contribution in [0.5, 0.6) is 0 Å². The molecule has 114 valence electrons. The minimum absolute atomic E-state index is 0.0686. The van der Waals surface area contributed by atoms with Gasteiger partial charge in [-0.05, 0) is 38.4 Å². The number of nitrogens with one attached hydrogen (secondary N) is 1. The number of aromatic nitrogens is 2. The molecule has 0 bridgehead atoms. The summed E-state index contributed by atoms with van der Waals surface area (Å²) >= 11 is 0. The average molecular weight is 293 g/mol. The fraction of sp³-hybridized carbons (Fsp3) is 0.438. The van der Waals surface area contributed by atoms with Gasteiger partial charge < -0.3 is 5.32 Å². The van der Waals surface area contributed by atoms with Gasteiger partial charge in [-0.3, -0.25) is 4.68 Å². The van der Waals surface area contributed by atoms with Gasteiger partial charge in [0.15, 0.2) is 0 Å². The van der Waals surface area contributed by atoms with Crippen LogP contribution in [0.25, 0.3) is 0 Å². The van der Waals surface area contributed by atoms with Crippen LogP contribution in [-0.2, 0) is 6.54 Å². The van der Waals surface area contributed by atoms with Crippen molar-refractivity contribution in [2.75, 3.05) is 6.54 Å². The molecule has 1 atom stereocenters. The third-order valence-corrected chi connectivity index (χ3v) is 3.52. The summed E-state index contributed by atoms with van der Waals surface area (Å²) in [7, 11) is 0. The average Bonchev–Trinajstić information content (AvgIpc) is 2.95. The van der Waals surface area contributed by atoms with Crippen LogP contribution < -0.4 is 5.32 Å². The maximum absolute atomic E-state index is 14.4. The molecule has 2 aromatic rings. The quantitative estimate of drug-likeness (QED) is 0.882. The van der Waals surface area contributed by atoms with Crippen molar-refractivity contribution < 1.29 is 8.78 Å². The van der Waals surface area contributed by atoms with Gasteiger partial charge >= 0.3 is 0 Å². The Labute approximate surface area is 124 Å². The van der Waals surface area contributed by atoms with Crippen molar-refractivity contribution in [3.63, 3.8) is 0 Å². The molecule has 1 N–H and O–H groups in total. The molecule has 0 spiro atoms. The molecule has 0 aliphatic heterocycles. The van der Waals surface area contributed by atoms with E-state index < -0.39 is 17.7 Å². The summed E-state index contributed by atoms with van der Waals surface area (Å²) in [5.74, 6) is -1.02. The Morgan fingerprint density at radius 2 is 2.05 bits per heavy atom. The Balaban J connectivity index is 2.47.